The highest BCUT2D eigenvalue weighted by molar-refractivity contribution is 7.13. The molecule has 190 valence electrons. The van der Waals surface area contributed by atoms with Crippen LogP contribution in [-0.2, 0) is 13.0 Å². The molecule has 0 radical (unpaired) electrons. The summed E-state index contributed by atoms with van der Waals surface area (Å²) in [6.07, 6.45) is 8.44. The van der Waals surface area contributed by atoms with Gasteiger partial charge in [-0.05, 0) is 74.9 Å². The van der Waals surface area contributed by atoms with Gasteiger partial charge in [0.25, 0.3) is 11.1 Å². The Morgan fingerprint density at radius 3 is 2.76 bits per heavy atom. The van der Waals surface area contributed by atoms with Crippen LogP contribution >= 0.6 is 11.3 Å². The van der Waals surface area contributed by atoms with Crippen LogP contribution in [0.15, 0.2) is 66.9 Å². The zero-order valence-electron chi connectivity index (χ0n) is 20.9. The molecule has 3 heterocycles. The van der Waals surface area contributed by atoms with E-state index in [9.17, 15) is 4.79 Å². The fourth-order valence-electron chi connectivity index (χ4n) is 5.57. The lowest BCUT2D eigenvalue weighted by atomic mass is 9.84. The van der Waals surface area contributed by atoms with Crippen molar-refractivity contribution in [2.75, 3.05) is 13.1 Å². The van der Waals surface area contributed by atoms with Gasteiger partial charge in [0.2, 0.25) is 0 Å². The van der Waals surface area contributed by atoms with E-state index < -0.39 is 0 Å². The molecule has 1 amide bonds. The van der Waals surface area contributed by atoms with E-state index in [2.05, 4.69) is 15.2 Å². The molecular formula is C30H32N4O2S. The predicted molar refractivity (Wildman–Crippen MR) is 147 cm³/mol. The number of carbonyl (C=O) groups is 1. The van der Waals surface area contributed by atoms with Crippen LogP contribution in [0.25, 0.3) is 10.9 Å². The average molecular weight is 513 g/mol. The van der Waals surface area contributed by atoms with Crippen molar-refractivity contribution in [2.24, 2.45) is 5.92 Å². The Morgan fingerprint density at radius 1 is 1.03 bits per heavy atom. The van der Waals surface area contributed by atoms with Crippen LogP contribution in [0.1, 0.15) is 53.0 Å². The van der Waals surface area contributed by atoms with Gasteiger partial charge >= 0.3 is 0 Å². The summed E-state index contributed by atoms with van der Waals surface area (Å²) >= 11 is 1.68. The first-order valence-corrected chi connectivity index (χ1v) is 14.1. The van der Waals surface area contributed by atoms with E-state index in [-0.39, 0.29) is 11.9 Å². The number of nitrogens with zero attached hydrogens (tertiary/aromatic N) is 3. The van der Waals surface area contributed by atoms with E-state index in [0.717, 1.165) is 72.2 Å². The van der Waals surface area contributed by atoms with E-state index in [1.807, 2.05) is 60.7 Å². The lowest BCUT2D eigenvalue weighted by Crippen LogP contribution is -2.38. The Bertz CT molecular complexity index is 1360. The van der Waals surface area contributed by atoms with E-state index in [1.165, 1.54) is 29.8 Å². The lowest BCUT2D eigenvalue weighted by Gasteiger charge is -2.32. The first-order valence-electron chi connectivity index (χ1n) is 13.3. The first-order chi connectivity index (χ1) is 18.2. The quantitative estimate of drug-likeness (QED) is 0.318. The fourth-order valence-corrected chi connectivity index (χ4v) is 6.59. The number of aromatic nitrogens is 2. The molecule has 1 saturated carbocycles. The van der Waals surface area contributed by atoms with Gasteiger partial charge in [0.1, 0.15) is 5.75 Å². The Balaban J connectivity index is 0.962. The zero-order valence-corrected chi connectivity index (χ0v) is 21.8. The third kappa shape index (κ3) is 5.68. The topological polar surface area (TPSA) is 67.4 Å². The van der Waals surface area contributed by atoms with Gasteiger partial charge in [-0.3, -0.25) is 14.7 Å². The third-order valence-electron chi connectivity index (χ3n) is 7.66. The van der Waals surface area contributed by atoms with Crippen molar-refractivity contribution in [1.29, 1.82) is 0 Å². The number of rotatable bonds is 7. The fraction of sp³-hybridized carbons (Fsp3) is 0.367. The van der Waals surface area contributed by atoms with Crippen molar-refractivity contribution in [2.45, 2.75) is 51.1 Å². The number of nitrogens with one attached hydrogen (secondary N) is 1. The molecule has 6 nitrogen and oxygen atoms in total. The Kier molecular flexibility index (Phi) is 7.15. The van der Waals surface area contributed by atoms with Crippen LogP contribution < -0.4 is 10.1 Å². The number of benzene rings is 2. The number of thiazole rings is 1. The second kappa shape index (κ2) is 11.0. The second-order valence-electron chi connectivity index (χ2n) is 10.1. The molecule has 2 aliphatic rings. The maximum atomic E-state index is 13.0. The maximum absolute atomic E-state index is 13.0. The van der Waals surface area contributed by atoms with Crippen molar-refractivity contribution in [3.8, 4) is 10.9 Å². The largest absolute Gasteiger partial charge is 0.431 e. The number of para-hydroxylation sites is 1. The summed E-state index contributed by atoms with van der Waals surface area (Å²) in [5.74, 6) is 1.59. The summed E-state index contributed by atoms with van der Waals surface area (Å²) in [7, 11) is 0. The van der Waals surface area contributed by atoms with Crippen molar-refractivity contribution in [3.05, 3.63) is 83.0 Å². The van der Waals surface area contributed by atoms with E-state index >= 15 is 0 Å². The molecule has 0 bridgehead atoms. The van der Waals surface area contributed by atoms with Gasteiger partial charge < -0.3 is 10.1 Å². The molecule has 0 unspecified atom stereocenters. The molecule has 2 aromatic heterocycles. The van der Waals surface area contributed by atoms with Crippen LogP contribution in [0.5, 0.6) is 10.9 Å². The Morgan fingerprint density at radius 2 is 1.89 bits per heavy atom. The average Bonchev–Trinajstić information content (AvgIpc) is 3.34. The van der Waals surface area contributed by atoms with Crippen LogP contribution in [0.4, 0.5) is 0 Å². The van der Waals surface area contributed by atoms with Gasteiger partial charge in [0.15, 0.2) is 0 Å². The highest BCUT2D eigenvalue weighted by atomic mass is 32.1. The molecule has 1 fully saturated rings. The number of hydrogen-bond acceptors (Lipinski definition) is 6. The molecule has 2 aromatic carbocycles. The lowest BCUT2D eigenvalue weighted by molar-refractivity contribution is 0.0921. The summed E-state index contributed by atoms with van der Waals surface area (Å²) < 4.78 is 5.96. The van der Waals surface area contributed by atoms with Gasteiger partial charge in [-0.15, -0.1) is 0 Å². The number of carbonyl (C=O) groups excluding carboxylic acids is 1. The minimum Gasteiger partial charge on any atom is -0.431 e. The number of pyridine rings is 1. The van der Waals surface area contributed by atoms with Crippen LogP contribution in [0.3, 0.4) is 0 Å². The summed E-state index contributed by atoms with van der Waals surface area (Å²) in [6.45, 7) is 3.15. The highest BCUT2D eigenvalue weighted by Gasteiger charge is 2.26. The SMILES string of the molecule is O=C(NC1CCC(CCN2CCc3nc(Oc4ccccc4)sc3C2)CC1)c1cccc2ncccc12. The van der Waals surface area contributed by atoms with Gasteiger partial charge in [0, 0.05) is 47.6 Å². The van der Waals surface area contributed by atoms with Gasteiger partial charge in [-0.25, -0.2) is 4.98 Å². The number of hydrogen-bond donors (Lipinski definition) is 1. The maximum Gasteiger partial charge on any atom is 0.279 e. The summed E-state index contributed by atoms with van der Waals surface area (Å²) in [6, 6.07) is 19.8. The monoisotopic (exact) mass is 512 g/mol. The van der Waals surface area contributed by atoms with Crippen LogP contribution in [0, 0.1) is 5.92 Å². The second-order valence-corrected chi connectivity index (χ2v) is 11.2. The molecular weight excluding hydrogens is 480 g/mol. The van der Waals surface area contributed by atoms with Crippen molar-refractivity contribution < 1.29 is 9.53 Å². The van der Waals surface area contributed by atoms with E-state index in [4.69, 9.17) is 9.72 Å². The molecule has 1 N–H and O–H groups in total. The predicted octanol–water partition coefficient (Wildman–Crippen LogP) is 6.22. The minimum absolute atomic E-state index is 0.0198. The standard InChI is InChI=1S/C30H32N4O2S/c35-29(25-8-4-10-26-24(25)9-5-17-31-26)32-22-13-11-21(12-14-22)15-18-34-19-16-27-28(20-34)37-30(33-27)36-23-6-2-1-3-7-23/h1-10,17,21-22H,11-16,18-20H2,(H,32,35). The van der Waals surface area contributed by atoms with Crippen LogP contribution in [-0.4, -0.2) is 39.9 Å². The van der Waals surface area contributed by atoms with E-state index in [1.54, 1.807) is 17.5 Å². The summed E-state index contributed by atoms with van der Waals surface area (Å²) in [4.78, 5) is 26.0. The molecule has 1 aliphatic heterocycles. The Hall–Kier alpha value is -3.29. The molecule has 0 saturated heterocycles. The molecule has 4 aromatic rings. The summed E-state index contributed by atoms with van der Waals surface area (Å²) in [5, 5.41) is 4.95. The van der Waals surface area contributed by atoms with E-state index in [0.29, 0.717) is 0 Å². The number of fused-ring (bicyclic) bond motifs is 2. The first kappa shape index (κ1) is 24.1. The van der Waals surface area contributed by atoms with Crippen molar-refractivity contribution in [3.63, 3.8) is 0 Å². The number of amides is 1. The molecule has 0 atom stereocenters. The molecule has 37 heavy (non-hydrogen) atoms. The van der Waals surface area contributed by atoms with Gasteiger partial charge in [-0.2, -0.15) is 0 Å². The van der Waals surface area contributed by atoms with Gasteiger partial charge in [-0.1, -0.05) is 41.7 Å². The molecule has 0 spiro atoms. The van der Waals surface area contributed by atoms with Crippen molar-refractivity contribution >= 4 is 28.1 Å². The molecule has 7 heteroatoms. The third-order valence-corrected chi connectivity index (χ3v) is 8.63. The smallest absolute Gasteiger partial charge is 0.279 e. The molecule has 6 rings (SSSR count). The summed E-state index contributed by atoms with van der Waals surface area (Å²) in [5.41, 5.74) is 2.78. The zero-order chi connectivity index (χ0) is 25.0. The number of ether oxygens (including phenoxy) is 1. The Labute approximate surface area is 221 Å². The highest BCUT2D eigenvalue weighted by Crippen LogP contribution is 2.33. The normalized spacial score (nSPS) is 19.9. The van der Waals surface area contributed by atoms with Gasteiger partial charge in [0.05, 0.1) is 11.2 Å². The van der Waals surface area contributed by atoms with Crippen LogP contribution in [0.2, 0.25) is 0 Å². The van der Waals surface area contributed by atoms with Crippen molar-refractivity contribution in [1.82, 2.24) is 20.2 Å². The minimum atomic E-state index is 0.0198. The molecule has 1 aliphatic carbocycles.